The fourth-order valence-electron chi connectivity index (χ4n) is 4.96. The van der Waals surface area contributed by atoms with Gasteiger partial charge in [0.15, 0.2) is 0 Å². The van der Waals surface area contributed by atoms with E-state index >= 15 is 0 Å². The van der Waals surface area contributed by atoms with Crippen LogP contribution < -0.4 is 10.1 Å². The summed E-state index contributed by atoms with van der Waals surface area (Å²) >= 11 is 1.51. The van der Waals surface area contributed by atoms with Crippen LogP contribution in [0.1, 0.15) is 67.1 Å². The fraction of sp³-hybridized carbons (Fsp3) is 0.400. The molecular formula is C30H36N6O2S. The van der Waals surface area contributed by atoms with Crippen molar-refractivity contribution in [2.75, 3.05) is 25.5 Å². The summed E-state index contributed by atoms with van der Waals surface area (Å²) < 4.78 is 7.61. The lowest BCUT2D eigenvalue weighted by Crippen LogP contribution is -2.29. The maximum Gasteiger partial charge on any atom is 0.255 e. The Hall–Kier alpha value is -3.56. The molecule has 1 N–H and O–H groups in total. The molecule has 0 spiro atoms. The first-order valence-electron chi connectivity index (χ1n) is 13.4. The van der Waals surface area contributed by atoms with Crippen molar-refractivity contribution < 1.29 is 9.53 Å². The number of thiazole rings is 1. The van der Waals surface area contributed by atoms with Crippen LogP contribution in [-0.4, -0.2) is 51.0 Å². The van der Waals surface area contributed by atoms with E-state index in [1.807, 2.05) is 37.4 Å². The van der Waals surface area contributed by atoms with E-state index in [9.17, 15) is 4.79 Å². The number of carbonyl (C=O) groups is 1. The third kappa shape index (κ3) is 6.04. The van der Waals surface area contributed by atoms with Crippen molar-refractivity contribution in [2.24, 2.45) is 0 Å². The largest absolute Gasteiger partial charge is 0.494 e. The van der Waals surface area contributed by atoms with Crippen LogP contribution in [0.4, 0.5) is 5.69 Å². The number of piperidine rings is 1. The van der Waals surface area contributed by atoms with Crippen molar-refractivity contribution in [3.05, 3.63) is 70.5 Å². The number of hydrogen-bond acceptors (Lipinski definition) is 7. The third-order valence-corrected chi connectivity index (χ3v) is 8.02. The molecule has 0 unspecified atom stereocenters. The Morgan fingerprint density at radius 3 is 2.62 bits per heavy atom. The Labute approximate surface area is 234 Å². The Balaban J connectivity index is 1.45. The average Bonchev–Trinajstić information content (AvgIpc) is 3.61. The van der Waals surface area contributed by atoms with Gasteiger partial charge in [0, 0.05) is 23.9 Å². The van der Waals surface area contributed by atoms with Gasteiger partial charge in [0.25, 0.3) is 5.91 Å². The van der Waals surface area contributed by atoms with E-state index in [0.717, 1.165) is 58.3 Å². The summed E-state index contributed by atoms with van der Waals surface area (Å²) in [5.74, 6) is 0.520. The molecule has 5 rings (SSSR count). The standard InChI is InChI=1S/C30H36N6O2S/c1-20-9-10-21(14-26(20)36-18-25(33-34-36)27-16-31-19-39-27)29(37)32-24-15-23(30(2,3)4)13-22(28(24)38-5)17-35-11-7-6-8-12-35/h9-10,13-16,18-19H,6-8,11-12,17H2,1-5H3,(H,32,37). The molecule has 1 fully saturated rings. The van der Waals surface area contributed by atoms with Crippen LogP contribution in [0.25, 0.3) is 16.3 Å². The minimum atomic E-state index is -0.202. The summed E-state index contributed by atoms with van der Waals surface area (Å²) in [7, 11) is 1.68. The topological polar surface area (TPSA) is 85.2 Å². The number of aromatic nitrogens is 4. The summed E-state index contributed by atoms with van der Waals surface area (Å²) in [4.78, 5) is 21.1. The molecule has 2 aromatic carbocycles. The van der Waals surface area contributed by atoms with Gasteiger partial charge in [-0.05, 0) is 67.6 Å². The zero-order chi connectivity index (χ0) is 27.6. The number of methoxy groups -OCH3 is 1. The number of rotatable bonds is 7. The van der Waals surface area contributed by atoms with Crippen LogP contribution in [0, 0.1) is 6.92 Å². The first-order chi connectivity index (χ1) is 18.7. The highest BCUT2D eigenvalue weighted by molar-refractivity contribution is 7.13. The second-order valence-electron chi connectivity index (χ2n) is 11.2. The molecule has 8 nitrogen and oxygen atoms in total. The van der Waals surface area contributed by atoms with Crippen LogP contribution >= 0.6 is 11.3 Å². The Morgan fingerprint density at radius 2 is 1.92 bits per heavy atom. The van der Waals surface area contributed by atoms with Crippen LogP contribution in [0.5, 0.6) is 5.75 Å². The van der Waals surface area contributed by atoms with Gasteiger partial charge in [0.2, 0.25) is 0 Å². The van der Waals surface area contributed by atoms with Crippen molar-refractivity contribution in [3.8, 4) is 22.0 Å². The molecule has 0 atom stereocenters. The predicted octanol–water partition coefficient (Wildman–Crippen LogP) is 6.24. The van der Waals surface area contributed by atoms with Gasteiger partial charge in [-0.15, -0.1) is 16.4 Å². The molecule has 0 bridgehead atoms. The van der Waals surface area contributed by atoms with Crippen LogP contribution in [0.2, 0.25) is 0 Å². The van der Waals surface area contributed by atoms with E-state index in [4.69, 9.17) is 4.74 Å². The van der Waals surface area contributed by atoms with E-state index in [0.29, 0.717) is 11.3 Å². The highest BCUT2D eigenvalue weighted by Crippen LogP contribution is 2.37. The third-order valence-electron chi connectivity index (χ3n) is 7.22. The Kier molecular flexibility index (Phi) is 7.81. The molecule has 0 radical (unpaired) electrons. The number of nitrogens with one attached hydrogen (secondary N) is 1. The van der Waals surface area contributed by atoms with E-state index in [1.54, 1.807) is 23.5 Å². The maximum atomic E-state index is 13.6. The molecule has 4 aromatic rings. The lowest BCUT2D eigenvalue weighted by Gasteiger charge is -2.29. The van der Waals surface area contributed by atoms with Crippen molar-refractivity contribution in [3.63, 3.8) is 0 Å². The lowest BCUT2D eigenvalue weighted by molar-refractivity contribution is 0.102. The lowest BCUT2D eigenvalue weighted by atomic mass is 9.85. The number of ether oxygens (including phenoxy) is 1. The van der Waals surface area contributed by atoms with Crippen LogP contribution in [-0.2, 0) is 12.0 Å². The molecule has 1 amide bonds. The number of carbonyl (C=O) groups excluding carboxylic acids is 1. The van der Waals surface area contributed by atoms with Gasteiger partial charge in [-0.25, -0.2) is 4.68 Å². The molecule has 1 aliphatic rings. The Bertz CT molecular complexity index is 1450. The average molecular weight is 545 g/mol. The van der Waals surface area contributed by atoms with Crippen LogP contribution in [0.15, 0.2) is 48.2 Å². The summed E-state index contributed by atoms with van der Waals surface area (Å²) in [6, 6.07) is 9.90. The molecule has 204 valence electrons. The smallest absolute Gasteiger partial charge is 0.255 e. The molecule has 0 aliphatic carbocycles. The number of likely N-dealkylation sites (tertiary alicyclic amines) is 1. The van der Waals surface area contributed by atoms with Crippen LogP contribution in [0.3, 0.4) is 0 Å². The molecule has 2 aromatic heterocycles. The maximum absolute atomic E-state index is 13.6. The normalized spacial score (nSPS) is 14.4. The first-order valence-corrected chi connectivity index (χ1v) is 14.3. The van der Waals surface area contributed by atoms with Gasteiger partial charge in [-0.2, -0.15) is 0 Å². The van der Waals surface area contributed by atoms with Gasteiger partial charge < -0.3 is 10.1 Å². The second-order valence-corrected chi connectivity index (χ2v) is 12.1. The van der Waals surface area contributed by atoms with E-state index in [2.05, 4.69) is 52.4 Å². The van der Waals surface area contributed by atoms with Crippen molar-refractivity contribution in [2.45, 2.75) is 58.9 Å². The quantitative estimate of drug-likeness (QED) is 0.296. The van der Waals surface area contributed by atoms with E-state index < -0.39 is 0 Å². The summed E-state index contributed by atoms with van der Waals surface area (Å²) in [5.41, 5.74) is 7.71. The summed E-state index contributed by atoms with van der Waals surface area (Å²) in [5, 5.41) is 11.8. The second kappa shape index (κ2) is 11.3. The molecule has 3 heterocycles. The number of hydrogen-bond donors (Lipinski definition) is 1. The van der Waals surface area contributed by atoms with Crippen molar-refractivity contribution >= 4 is 22.9 Å². The zero-order valence-corrected chi connectivity index (χ0v) is 24.1. The van der Waals surface area contributed by atoms with Crippen molar-refractivity contribution in [1.82, 2.24) is 24.9 Å². The molecule has 1 aliphatic heterocycles. The van der Waals surface area contributed by atoms with Gasteiger partial charge >= 0.3 is 0 Å². The fourth-order valence-corrected chi connectivity index (χ4v) is 5.53. The number of amides is 1. The number of anilines is 1. The van der Waals surface area contributed by atoms with Gasteiger partial charge in [-0.1, -0.05) is 44.5 Å². The predicted molar refractivity (Wildman–Crippen MR) is 156 cm³/mol. The molecule has 39 heavy (non-hydrogen) atoms. The Morgan fingerprint density at radius 1 is 1.13 bits per heavy atom. The summed E-state index contributed by atoms with van der Waals surface area (Å²) in [6.07, 6.45) is 7.36. The SMILES string of the molecule is COc1c(CN2CCCCC2)cc(C(C)(C)C)cc1NC(=O)c1ccc(C)c(-n2cc(-c3cncs3)nn2)c1. The highest BCUT2D eigenvalue weighted by atomic mass is 32.1. The number of aryl methyl sites for hydroxylation is 1. The molecular weight excluding hydrogens is 508 g/mol. The molecule has 1 saturated heterocycles. The van der Waals surface area contributed by atoms with E-state index in [-0.39, 0.29) is 11.3 Å². The van der Waals surface area contributed by atoms with E-state index in [1.165, 1.54) is 30.6 Å². The minimum absolute atomic E-state index is 0.0810. The number of benzene rings is 2. The zero-order valence-electron chi connectivity index (χ0n) is 23.3. The van der Waals surface area contributed by atoms with Gasteiger partial charge in [0.1, 0.15) is 11.4 Å². The number of nitrogens with zero attached hydrogens (tertiary/aromatic N) is 5. The van der Waals surface area contributed by atoms with Gasteiger partial charge in [0.05, 0.1) is 35.1 Å². The van der Waals surface area contributed by atoms with Gasteiger partial charge in [-0.3, -0.25) is 14.7 Å². The highest BCUT2D eigenvalue weighted by Gasteiger charge is 2.23. The van der Waals surface area contributed by atoms with Crippen molar-refractivity contribution in [1.29, 1.82) is 0 Å². The minimum Gasteiger partial charge on any atom is -0.494 e. The molecule has 0 saturated carbocycles. The summed E-state index contributed by atoms with van der Waals surface area (Å²) in [6.45, 7) is 11.5. The first kappa shape index (κ1) is 27.0. The monoisotopic (exact) mass is 544 g/mol. The molecule has 9 heteroatoms.